The van der Waals surface area contributed by atoms with Crippen molar-refractivity contribution < 1.29 is 32.2 Å². The van der Waals surface area contributed by atoms with Crippen LogP contribution < -0.4 is 4.74 Å². The highest BCUT2D eigenvalue weighted by Gasteiger charge is 2.30. The molecule has 4 aromatic rings. The van der Waals surface area contributed by atoms with E-state index in [9.17, 15) is 18.0 Å². The number of aliphatic carboxylic acids is 1. The van der Waals surface area contributed by atoms with Gasteiger partial charge in [-0.25, -0.2) is 9.97 Å². The fraction of sp³-hybridized carbons (Fsp3) is 0.190. The topological polar surface area (TPSA) is 85.5 Å². The molecular formula is C21H15F3N2O4S. The molecule has 10 heteroatoms. The van der Waals surface area contributed by atoms with Crippen LogP contribution in [0.1, 0.15) is 22.0 Å². The van der Waals surface area contributed by atoms with Crippen LogP contribution in [0.5, 0.6) is 5.75 Å². The second-order valence-electron chi connectivity index (χ2n) is 6.70. The predicted octanol–water partition coefficient (Wildman–Crippen LogP) is 5.48. The number of oxazole rings is 1. The minimum Gasteiger partial charge on any atom is -0.488 e. The second kappa shape index (κ2) is 8.03. The van der Waals surface area contributed by atoms with Crippen molar-refractivity contribution in [3.05, 3.63) is 64.5 Å². The molecule has 0 unspecified atom stereocenters. The van der Waals surface area contributed by atoms with E-state index in [-0.39, 0.29) is 18.9 Å². The average Bonchev–Trinajstić information content (AvgIpc) is 3.27. The average molecular weight is 448 g/mol. The van der Waals surface area contributed by atoms with Crippen LogP contribution in [-0.4, -0.2) is 21.0 Å². The molecule has 0 aliphatic carbocycles. The number of nitrogens with zero attached hydrogens (tertiary/aromatic N) is 2. The summed E-state index contributed by atoms with van der Waals surface area (Å²) < 4.78 is 49.5. The molecule has 0 bridgehead atoms. The van der Waals surface area contributed by atoms with Gasteiger partial charge in [-0.1, -0.05) is 12.1 Å². The molecule has 0 fully saturated rings. The van der Waals surface area contributed by atoms with Crippen LogP contribution >= 0.6 is 11.3 Å². The van der Waals surface area contributed by atoms with Gasteiger partial charge in [-0.15, -0.1) is 11.3 Å². The quantitative estimate of drug-likeness (QED) is 0.420. The molecule has 0 radical (unpaired) electrons. The molecule has 4 rings (SSSR count). The zero-order chi connectivity index (χ0) is 22.2. The second-order valence-corrected chi connectivity index (χ2v) is 7.78. The van der Waals surface area contributed by atoms with E-state index in [1.54, 1.807) is 25.1 Å². The Labute approximate surface area is 177 Å². The Morgan fingerprint density at radius 3 is 2.58 bits per heavy atom. The summed E-state index contributed by atoms with van der Waals surface area (Å²) in [6.07, 6.45) is -4.69. The third kappa shape index (κ3) is 4.69. The van der Waals surface area contributed by atoms with Gasteiger partial charge in [0.25, 0.3) is 0 Å². The SMILES string of the molecule is Cc1nc(-c2ccc(C(F)(F)F)cc2)sc1COc1ccc2nc(CC(=O)O)oc2c1. The number of thiazole rings is 1. The zero-order valence-corrected chi connectivity index (χ0v) is 16.9. The standard InChI is InChI=1S/C21H15F3N2O4S/c1-11-17(31-20(25-11)12-2-4-13(5-3-12)21(22,23)24)10-29-14-6-7-15-16(8-14)30-18(26-15)9-19(27)28/h2-8H,9-10H2,1H3,(H,27,28). The molecule has 0 aliphatic rings. The van der Waals surface area contributed by atoms with Crippen LogP contribution in [0.15, 0.2) is 46.9 Å². The summed E-state index contributed by atoms with van der Waals surface area (Å²) in [5.41, 5.74) is 1.57. The van der Waals surface area contributed by atoms with E-state index < -0.39 is 17.7 Å². The third-order valence-corrected chi connectivity index (χ3v) is 5.61. The van der Waals surface area contributed by atoms with E-state index in [1.807, 2.05) is 0 Å². The zero-order valence-electron chi connectivity index (χ0n) is 16.1. The van der Waals surface area contributed by atoms with Gasteiger partial charge in [0.05, 0.1) is 16.1 Å². The first-order valence-corrected chi connectivity index (χ1v) is 9.88. The summed E-state index contributed by atoms with van der Waals surface area (Å²) in [5, 5.41) is 9.44. The van der Waals surface area contributed by atoms with E-state index in [4.69, 9.17) is 14.3 Å². The van der Waals surface area contributed by atoms with Gasteiger partial charge >= 0.3 is 12.1 Å². The number of carbonyl (C=O) groups is 1. The van der Waals surface area contributed by atoms with Crippen molar-refractivity contribution in [3.8, 4) is 16.3 Å². The highest BCUT2D eigenvalue weighted by molar-refractivity contribution is 7.15. The predicted molar refractivity (Wildman–Crippen MR) is 107 cm³/mol. The van der Waals surface area contributed by atoms with Crippen molar-refractivity contribution in [1.82, 2.24) is 9.97 Å². The Morgan fingerprint density at radius 2 is 1.90 bits per heavy atom. The van der Waals surface area contributed by atoms with Crippen molar-refractivity contribution in [1.29, 1.82) is 0 Å². The van der Waals surface area contributed by atoms with Crippen molar-refractivity contribution in [2.45, 2.75) is 26.1 Å². The summed E-state index contributed by atoms with van der Waals surface area (Å²) in [5.74, 6) is -0.416. The van der Waals surface area contributed by atoms with Crippen LogP contribution in [0.3, 0.4) is 0 Å². The number of hydrogen-bond acceptors (Lipinski definition) is 6. The number of aryl methyl sites for hydroxylation is 1. The number of aromatic nitrogens is 2. The maximum atomic E-state index is 12.7. The number of alkyl halides is 3. The highest BCUT2D eigenvalue weighted by atomic mass is 32.1. The van der Waals surface area contributed by atoms with Gasteiger partial charge in [0.1, 0.15) is 29.3 Å². The lowest BCUT2D eigenvalue weighted by atomic mass is 10.1. The molecule has 160 valence electrons. The molecule has 0 spiro atoms. The normalized spacial score (nSPS) is 11.7. The Bertz CT molecular complexity index is 1250. The van der Waals surface area contributed by atoms with Gasteiger partial charge in [-0.05, 0) is 31.2 Å². The molecule has 2 aromatic carbocycles. The molecule has 0 saturated heterocycles. The van der Waals surface area contributed by atoms with E-state index in [2.05, 4.69) is 9.97 Å². The fourth-order valence-corrected chi connectivity index (χ4v) is 3.86. The van der Waals surface area contributed by atoms with Gasteiger partial charge in [0.15, 0.2) is 5.58 Å². The number of hydrogen-bond donors (Lipinski definition) is 1. The summed E-state index contributed by atoms with van der Waals surface area (Å²) in [7, 11) is 0. The van der Waals surface area contributed by atoms with Crippen molar-refractivity contribution >= 4 is 28.4 Å². The van der Waals surface area contributed by atoms with Crippen LogP contribution in [0.25, 0.3) is 21.7 Å². The molecule has 0 atom stereocenters. The molecule has 2 aromatic heterocycles. The van der Waals surface area contributed by atoms with Crippen LogP contribution in [0.2, 0.25) is 0 Å². The van der Waals surface area contributed by atoms with Crippen molar-refractivity contribution in [2.75, 3.05) is 0 Å². The molecule has 2 heterocycles. The van der Waals surface area contributed by atoms with E-state index in [1.165, 1.54) is 23.5 Å². The van der Waals surface area contributed by atoms with E-state index in [0.717, 1.165) is 22.7 Å². The summed E-state index contributed by atoms with van der Waals surface area (Å²) in [6.45, 7) is 2.02. The lowest BCUT2D eigenvalue weighted by Crippen LogP contribution is -2.03. The van der Waals surface area contributed by atoms with Gasteiger partial charge in [-0.3, -0.25) is 4.79 Å². The summed E-state index contributed by atoms with van der Waals surface area (Å²) >= 11 is 1.34. The number of ether oxygens (including phenoxy) is 1. The number of halogens is 3. The minimum absolute atomic E-state index is 0.110. The number of benzene rings is 2. The summed E-state index contributed by atoms with van der Waals surface area (Å²) in [4.78, 5) is 20.2. The van der Waals surface area contributed by atoms with Gasteiger partial charge < -0.3 is 14.3 Å². The lowest BCUT2D eigenvalue weighted by molar-refractivity contribution is -0.138. The Hall–Kier alpha value is -3.40. The Kier molecular flexibility index (Phi) is 5.40. The molecule has 0 aliphatic heterocycles. The largest absolute Gasteiger partial charge is 0.488 e. The van der Waals surface area contributed by atoms with Crippen molar-refractivity contribution in [3.63, 3.8) is 0 Å². The van der Waals surface area contributed by atoms with Gasteiger partial charge in [0, 0.05) is 11.6 Å². The molecule has 6 nitrogen and oxygen atoms in total. The maximum absolute atomic E-state index is 12.7. The Morgan fingerprint density at radius 1 is 1.16 bits per heavy atom. The smallest absolute Gasteiger partial charge is 0.416 e. The fourth-order valence-electron chi connectivity index (χ4n) is 2.88. The van der Waals surface area contributed by atoms with Crippen LogP contribution in [0, 0.1) is 6.92 Å². The van der Waals surface area contributed by atoms with Crippen LogP contribution in [-0.2, 0) is 24.0 Å². The van der Waals surface area contributed by atoms with Crippen LogP contribution in [0.4, 0.5) is 13.2 Å². The molecule has 0 amide bonds. The van der Waals surface area contributed by atoms with Crippen molar-refractivity contribution in [2.24, 2.45) is 0 Å². The molecular weight excluding hydrogens is 433 g/mol. The number of rotatable bonds is 6. The maximum Gasteiger partial charge on any atom is 0.416 e. The minimum atomic E-state index is -4.38. The first-order chi connectivity index (χ1) is 14.7. The van der Waals surface area contributed by atoms with Gasteiger partial charge in [-0.2, -0.15) is 13.2 Å². The van der Waals surface area contributed by atoms with E-state index in [0.29, 0.717) is 27.4 Å². The molecule has 1 N–H and O–H groups in total. The molecule has 0 saturated carbocycles. The molecule has 31 heavy (non-hydrogen) atoms. The van der Waals surface area contributed by atoms with Gasteiger partial charge in [0.2, 0.25) is 5.89 Å². The first kappa shape index (κ1) is 20.9. The monoisotopic (exact) mass is 448 g/mol. The van der Waals surface area contributed by atoms with E-state index >= 15 is 0 Å². The summed E-state index contributed by atoms with van der Waals surface area (Å²) in [6, 6.07) is 9.87. The first-order valence-electron chi connectivity index (χ1n) is 9.07. The highest BCUT2D eigenvalue weighted by Crippen LogP contribution is 2.33. The number of carboxylic acids is 1. The number of fused-ring (bicyclic) bond motifs is 1. The third-order valence-electron chi connectivity index (χ3n) is 4.43. The Balaban J connectivity index is 1.48. The number of carboxylic acid groups (broad SMARTS) is 1. The lowest BCUT2D eigenvalue weighted by Gasteiger charge is -2.06.